The summed E-state index contributed by atoms with van der Waals surface area (Å²) in [6.45, 7) is 3.53. The van der Waals surface area contributed by atoms with Crippen LogP contribution < -0.4 is 0 Å². The van der Waals surface area contributed by atoms with E-state index < -0.39 is 6.10 Å². The molecule has 0 saturated carbocycles. The van der Waals surface area contributed by atoms with Crippen molar-refractivity contribution in [2.45, 2.75) is 32.8 Å². The molecule has 0 unspecified atom stereocenters. The number of carbonyl (C=O) groups excluding carboxylic acids is 1. The van der Waals surface area contributed by atoms with Crippen LogP contribution in [0.25, 0.3) is 0 Å². The van der Waals surface area contributed by atoms with Gasteiger partial charge in [-0.15, -0.1) is 0 Å². The molecule has 1 aromatic carbocycles. The Hall–Kier alpha value is -0.860. The molecule has 3 heteroatoms. The highest BCUT2D eigenvalue weighted by Crippen LogP contribution is 2.27. The summed E-state index contributed by atoms with van der Waals surface area (Å²) < 4.78 is 0. The molecule has 1 N–H and O–H groups in total. The zero-order valence-electron chi connectivity index (χ0n) is 9.61. The van der Waals surface area contributed by atoms with Crippen molar-refractivity contribution in [3.8, 4) is 0 Å². The van der Waals surface area contributed by atoms with Gasteiger partial charge in [0.25, 0.3) is 0 Å². The van der Waals surface area contributed by atoms with E-state index in [0.717, 1.165) is 12.0 Å². The fourth-order valence-electron chi connectivity index (χ4n) is 1.79. The van der Waals surface area contributed by atoms with Crippen molar-refractivity contribution < 1.29 is 9.90 Å². The van der Waals surface area contributed by atoms with E-state index in [-0.39, 0.29) is 11.7 Å². The van der Waals surface area contributed by atoms with Crippen LogP contribution in [-0.2, 0) is 4.79 Å². The van der Waals surface area contributed by atoms with Gasteiger partial charge in [-0.05, 0) is 31.0 Å². The van der Waals surface area contributed by atoms with Crippen molar-refractivity contribution in [1.29, 1.82) is 0 Å². The minimum Gasteiger partial charge on any atom is -0.388 e. The SMILES string of the molecule is CCC[C@H](C(C)=O)[C@H](O)c1ccc(Cl)cc1. The maximum Gasteiger partial charge on any atom is 0.135 e. The lowest BCUT2D eigenvalue weighted by molar-refractivity contribution is -0.124. The molecule has 0 saturated heterocycles. The summed E-state index contributed by atoms with van der Waals surface area (Å²) in [5, 5.41) is 10.7. The van der Waals surface area contributed by atoms with Gasteiger partial charge in [0.1, 0.15) is 5.78 Å². The van der Waals surface area contributed by atoms with E-state index in [4.69, 9.17) is 11.6 Å². The Morgan fingerprint density at radius 2 is 1.94 bits per heavy atom. The lowest BCUT2D eigenvalue weighted by atomic mass is 9.89. The summed E-state index contributed by atoms with van der Waals surface area (Å²) >= 11 is 5.77. The van der Waals surface area contributed by atoms with Gasteiger partial charge in [0.05, 0.1) is 6.10 Å². The molecule has 0 radical (unpaired) electrons. The van der Waals surface area contributed by atoms with Crippen LogP contribution in [0.4, 0.5) is 0 Å². The first kappa shape index (κ1) is 13.2. The van der Waals surface area contributed by atoms with E-state index in [2.05, 4.69) is 0 Å². The summed E-state index contributed by atoms with van der Waals surface area (Å²) in [5.41, 5.74) is 0.748. The standard InChI is InChI=1S/C13H17ClO2/c1-3-4-12(9(2)15)13(16)10-5-7-11(14)8-6-10/h5-8,12-13,16H,3-4H2,1-2H3/t12-,13-/m1/s1. The molecule has 16 heavy (non-hydrogen) atoms. The molecule has 0 aliphatic rings. The number of hydrogen-bond donors (Lipinski definition) is 1. The lowest BCUT2D eigenvalue weighted by Gasteiger charge is -2.20. The molecule has 0 aromatic heterocycles. The summed E-state index contributed by atoms with van der Waals surface area (Å²) in [7, 11) is 0. The van der Waals surface area contributed by atoms with E-state index in [1.807, 2.05) is 6.92 Å². The van der Waals surface area contributed by atoms with Gasteiger partial charge in [0, 0.05) is 10.9 Å². The Bertz CT molecular complexity index is 345. The number of Topliss-reactive ketones (excluding diaryl/α,β-unsaturated/α-hetero) is 1. The topological polar surface area (TPSA) is 37.3 Å². The van der Waals surface area contributed by atoms with Crippen molar-refractivity contribution in [3.63, 3.8) is 0 Å². The molecule has 88 valence electrons. The average Bonchev–Trinajstić information content (AvgIpc) is 2.25. The summed E-state index contributed by atoms with van der Waals surface area (Å²) in [6, 6.07) is 6.98. The average molecular weight is 241 g/mol. The van der Waals surface area contributed by atoms with Gasteiger partial charge >= 0.3 is 0 Å². The van der Waals surface area contributed by atoms with E-state index in [1.165, 1.54) is 6.92 Å². The summed E-state index contributed by atoms with van der Waals surface area (Å²) in [6.07, 6.45) is 0.864. The lowest BCUT2D eigenvalue weighted by Crippen LogP contribution is -2.19. The van der Waals surface area contributed by atoms with Crippen molar-refractivity contribution in [2.24, 2.45) is 5.92 Å². The monoisotopic (exact) mass is 240 g/mol. The Balaban J connectivity index is 2.85. The summed E-state index contributed by atoms with van der Waals surface area (Å²) in [5.74, 6) is -0.282. The number of hydrogen-bond acceptors (Lipinski definition) is 2. The minimum absolute atomic E-state index is 0.0318. The van der Waals surface area contributed by atoms with Crippen molar-refractivity contribution in [3.05, 3.63) is 34.9 Å². The number of benzene rings is 1. The smallest absolute Gasteiger partial charge is 0.135 e. The van der Waals surface area contributed by atoms with E-state index in [0.29, 0.717) is 11.4 Å². The van der Waals surface area contributed by atoms with Gasteiger partial charge < -0.3 is 5.11 Å². The van der Waals surface area contributed by atoms with Crippen molar-refractivity contribution in [1.82, 2.24) is 0 Å². The van der Waals surface area contributed by atoms with Gasteiger partial charge in [-0.25, -0.2) is 0 Å². The number of halogens is 1. The normalized spacial score (nSPS) is 14.5. The van der Waals surface area contributed by atoms with Crippen LogP contribution in [0.5, 0.6) is 0 Å². The first-order valence-corrected chi connectivity index (χ1v) is 5.88. The first-order valence-electron chi connectivity index (χ1n) is 5.50. The second-order valence-corrected chi connectivity index (χ2v) is 4.44. The third-order valence-electron chi connectivity index (χ3n) is 2.71. The highest BCUT2D eigenvalue weighted by atomic mass is 35.5. The quantitative estimate of drug-likeness (QED) is 0.857. The zero-order chi connectivity index (χ0) is 12.1. The maximum absolute atomic E-state index is 11.4. The largest absolute Gasteiger partial charge is 0.388 e. The van der Waals surface area contributed by atoms with Crippen LogP contribution in [0, 0.1) is 5.92 Å². The molecule has 0 aliphatic carbocycles. The van der Waals surface area contributed by atoms with Crippen LogP contribution in [0.3, 0.4) is 0 Å². The molecule has 2 nitrogen and oxygen atoms in total. The molecule has 0 heterocycles. The van der Waals surface area contributed by atoms with Gasteiger partial charge in [0.15, 0.2) is 0 Å². The third kappa shape index (κ3) is 3.32. The molecule has 1 rings (SSSR count). The second kappa shape index (κ2) is 6.02. The maximum atomic E-state index is 11.4. The summed E-state index contributed by atoms with van der Waals surface area (Å²) in [4.78, 5) is 11.4. The molecular weight excluding hydrogens is 224 g/mol. The molecule has 1 aromatic rings. The van der Waals surface area contributed by atoms with E-state index in [9.17, 15) is 9.90 Å². The van der Waals surface area contributed by atoms with Gasteiger partial charge in [0.2, 0.25) is 0 Å². The second-order valence-electron chi connectivity index (χ2n) is 4.00. The predicted molar refractivity (Wildman–Crippen MR) is 65.5 cm³/mol. The van der Waals surface area contributed by atoms with Gasteiger partial charge in [-0.3, -0.25) is 4.79 Å². The Labute approximate surface area is 101 Å². The highest BCUT2D eigenvalue weighted by molar-refractivity contribution is 6.30. The third-order valence-corrected chi connectivity index (χ3v) is 2.97. The molecule has 0 aliphatic heterocycles. The van der Waals surface area contributed by atoms with Crippen molar-refractivity contribution in [2.75, 3.05) is 0 Å². The number of aliphatic hydroxyl groups excluding tert-OH is 1. The highest BCUT2D eigenvalue weighted by Gasteiger charge is 2.23. The molecule has 0 amide bonds. The number of rotatable bonds is 5. The fourth-order valence-corrected chi connectivity index (χ4v) is 1.91. The molecule has 0 bridgehead atoms. The molecular formula is C13H17ClO2. The molecule has 2 atom stereocenters. The van der Waals surface area contributed by atoms with Crippen molar-refractivity contribution >= 4 is 17.4 Å². The van der Waals surface area contributed by atoms with E-state index in [1.54, 1.807) is 24.3 Å². The number of carbonyl (C=O) groups is 1. The zero-order valence-corrected chi connectivity index (χ0v) is 10.4. The fraction of sp³-hybridized carbons (Fsp3) is 0.462. The van der Waals surface area contributed by atoms with Crippen LogP contribution >= 0.6 is 11.6 Å². The molecule has 0 fully saturated rings. The Morgan fingerprint density at radius 3 is 2.38 bits per heavy atom. The van der Waals surface area contributed by atoms with Crippen LogP contribution in [0.2, 0.25) is 5.02 Å². The molecule has 0 spiro atoms. The van der Waals surface area contributed by atoms with Gasteiger partial charge in [-0.1, -0.05) is 37.1 Å². The number of aliphatic hydroxyl groups is 1. The predicted octanol–water partition coefficient (Wildman–Crippen LogP) is 3.38. The van der Waals surface area contributed by atoms with Gasteiger partial charge in [-0.2, -0.15) is 0 Å². The minimum atomic E-state index is -0.727. The Kier molecular flexibility index (Phi) is 4.97. The van der Waals surface area contributed by atoms with E-state index >= 15 is 0 Å². The van der Waals surface area contributed by atoms with Crippen LogP contribution in [-0.4, -0.2) is 10.9 Å². The Morgan fingerprint density at radius 1 is 1.38 bits per heavy atom. The van der Waals surface area contributed by atoms with Crippen LogP contribution in [0.1, 0.15) is 38.4 Å². The first-order chi connectivity index (χ1) is 7.56. The number of ketones is 1. The van der Waals surface area contributed by atoms with Crippen LogP contribution in [0.15, 0.2) is 24.3 Å².